The minimum Gasteiger partial charge on any atom is -0.383 e. The van der Waals surface area contributed by atoms with Gasteiger partial charge in [0.15, 0.2) is 0 Å². The Morgan fingerprint density at radius 2 is 2.38 bits per heavy atom. The van der Waals surface area contributed by atoms with Crippen LogP contribution in [0.5, 0.6) is 0 Å². The van der Waals surface area contributed by atoms with Gasteiger partial charge in [0.2, 0.25) is 0 Å². The molecule has 0 saturated heterocycles. The van der Waals surface area contributed by atoms with Gasteiger partial charge in [0.25, 0.3) is 5.91 Å². The van der Waals surface area contributed by atoms with Crippen molar-refractivity contribution in [2.75, 3.05) is 20.3 Å². The first-order valence-electron chi connectivity index (χ1n) is 4.73. The van der Waals surface area contributed by atoms with Crippen molar-refractivity contribution in [1.82, 2.24) is 4.90 Å². The number of amides is 1. The van der Waals surface area contributed by atoms with E-state index in [4.69, 9.17) is 4.74 Å². The average Bonchev–Trinajstić information content (AvgIpc) is 2.75. The molecule has 90 valence electrons. The Labute approximate surface area is 96.6 Å². The van der Waals surface area contributed by atoms with Crippen molar-refractivity contribution in [1.29, 1.82) is 0 Å². The quantitative estimate of drug-likeness (QED) is 0.771. The number of nitrogens with zero attached hydrogens (tertiary/aromatic N) is 1. The molecule has 3 nitrogen and oxygen atoms in total. The normalized spacial score (nSPS) is 10.8. The summed E-state index contributed by atoms with van der Waals surface area (Å²) in [7, 11) is 1.47. The maximum atomic E-state index is 12.3. The van der Waals surface area contributed by atoms with Crippen LogP contribution in [0.1, 0.15) is 4.88 Å². The summed E-state index contributed by atoms with van der Waals surface area (Å²) in [6.07, 6.45) is -2.96. The predicted molar refractivity (Wildman–Crippen MR) is 57.6 cm³/mol. The van der Waals surface area contributed by atoms with Gasteiger partial charge in [-0.2, -0.15) is 8.78 Å². The largest absolute Gasteiger partial charge is 0.383 e. The summed E-state index contributed by atoms with van der Waals surface area (Å²) in [6.45, 7) is 0.644. The lowest BCUT2D eigenvalue weighted by Crippen LogP contribution is -2.37. The number of carbonyl (C=O) groups excluding carboxylic acids is 1. The van der Waals surface area contributed by atoms with Crippen molar-refractivity contribution in [3.63, 3.8) is 0 Å². The van der Waals surface area contributed by atoms with E-state index in [0.29, 0.717) is 0 Å². The number of hydrogen-bond acceptors (Lipinski definition) is 3. The van der Waals surface area contributed by atoms with Gasteiger partial charge in [0.05, 0.1) is 13.2 Å². The summed E-state index contributed by atoms with van der Waals surface area (Å²) in [5.41, 5.74) is 0. The molecule has 0 aliphatic heterocycles. The summed E-state index contributed by atoms with van der Waals surface area (Å²) in [6, 6.07) is 3.63. The third kappa shape index (κ3) is 3.86. The topological polar surface area (TPSA) is 29.5 Å². The van der Waals surface area contributed by atoms with Crippen LogP contribution >= 0.6 is 11.3 Å². The summed E-state index contributed by atoms with van der Waals surface area (Å²) in [5, 5.41) is 1.84. The number of thiophene rings is 1. The summed E-state index contributed by atoms with van der Waals surface area (Å²) < 4.78 is 29.4. The molecule has 0 bridgehead atoms. The molecule has 1 heterocycles. The molecule has 0 aliphatic rings. The molecule has 1 aromatic rings. The maximum Gasteiger partial charge on any atom is 0.315 e. The lowest BCUT2D eigenvalue weighted by Gasteiger charge is -2.21. The van der Waals surface area contributed by atoms with E-state index < -0.39 is 12.3 Å². The lowest BCUT2D eigenvalue weighted by atomic mass is 10.4. The summed E-state index contributed by atoms with van der Waals surface area (Å²) in [5.74, 6) is -1.15. The van der Waals surface area contributed by atoms with Gasteiger partial charge in [-0.05, 0) is 11.4 Å². The molecule has 6 heteroatoms. The number of alkyl halides is 2. The van der Waals surface area contributed by atoms with Gasteiger partial charge in [0, 0.05) is 18.5 Å². The molecule has 0 aliphatic carbocycles. The summed E-state index contributed by atoms with van der Waals surface area (Å²) in [4.78, 5) is 13.2. The molecule has 0 saturated carbocycles. The van der Waals surface area contributed by atoms with Crippen LogP contribution in [0.3, 0.4) is 0 Å². The van der Waals surface area contributed by atoms with Crippen LogP contribution in [0.4, 0.5) is 8.78 Å². The molecule has 1 aromatic heterocycles. The maximum absolute atomic E-state index is 12.3. The number of methoxy groups -OCH3 is 1. The van der Waals surface area contributed by atoms with Crippen LogP contribution in [0.25, 0.3) is 0 Å². The summed E-state index contributed by atoms with van der Waals surface area (Å²) >= 11 is 1.43. The molecule has 0 unspecified atom stereocenters. The standard InChI is InChI=1S/C10H13F2NO2S/c1-15-5-4-13(10(14)9(11)12)7-8-3-2-6-16-8/h2-3,6,9H,4-5,7H2,1H3. The molecular formula is C10H13F2NO2S. The van der Waals surface area contributed by atoms with E-state index in [1.165, 1.54) is 18.4 Å². The first-order valence-corrected chi connectivity index (χ1v) is 5.61. The third-order valence-corrected chi connectivity index (χ3v) is 2.85. The molecule has 16 heavy (non-hydrogen) atoms. The fraction of sp³-hybridized carbons (Fsp3) is 0.500. The first-order chi connectivity index (χ1) is 7.65. The molecule has 1 amide bonds. The number of rotatable bonds is 6. The van der Waals surface area contributed by atoms with Crippen LogP contribution in [0.15, 0.2) is 17.5 Å². The van der Waals surface area contributed by atoms with Crippen LogP contribution in [-0.4, -0.2) is 37.5 Å². The second-order valence-corrected chi connectivity index (χ2v) is 4.16. The van der Waals surface area contributed by atoms with E-state index in [1.54, 1.807) is 0 Å². The number of hydrogen-bond donors (Lipinski definition) is 0. The second kappa shape index (κ2) is 6.55. The van der Waals surface area contributed by atoms with Gasteiger partial charge in [-0.3, -0.25) is 4.79 Å². The van der Waals surface area contributed by atoms with Crippen LogP contribution < -0.4 is 0 Å². The number of halogens is 2. The Bertz CT molecular complexity index is 317. The zero-order valence-corrected chi connectivity index (χ0v) is 9.68. The third-order valence-electron chi connectivity index (χ3n) is 1.99. The highest BCUT2D eigenvalue weighted by molar-refractivity contribution is 7.09. The van der Waals surface area contributed by atoms with Gasteiger partial charge >= 0.3 is 6.43 Å². The Hall–Kier alpha value is -1.01. The smallest absolute Gasteiger partial charge is 0.315 e. The SMILES string of the molecule is COCCN(Cc1cccs1)C(=O)C(F)F. The van der Waals surface area contributed by atoms with Crippen molar-refractivity contribution in [3.05, 3.63) is 22.4 Å². The Morgan fingerprint density at radius 3 is 2.88 bits per heavy atom. The van der Waals surface area contributed by atoms with Crippen molar-refractivity contribution in [2.24, 2.45) is 0 Å². The fourth-order valence-corrected chi connectivity index (χ4v) is 1.92. The highest BCUT2D eigenvalue weighted by Crippen LogP contribution is 2.13. The second-order valence-electron chi connectivity index (χ2n) is 3.13. The van der Waals surface area contributed by atoms with E-state index in [9.17, 15) is 13.6 Å². The number of carbonyl (C=O) groups is 1. The molecular weight excluding hydrogens is 236 g/mol. The molecule has 0 spiro atoms. The van der Waals surface area contributed by atoms with Crippen LogP contribution in [0, 0.1) is 0 Å². The lowest BCUT2D eigenvalue weighted by molar-refractivity contribution is -0.144. The van der Waals surface area contributed by atoms with Gasteiger partial charge < -0.3 is 9.64 Å². The Balaban J connectivity index is 2.60. The average molecular weight is 249 g/mol. The van der Waals surface area contributed by atoms with Gasteiger partial charge in [-0.25, -0.2) is 0 Å². The van der Waals surface area contributed by atoms with Crippen molar-refractivity contribution in [2.45, 2.75) is 13.0 Å². The fourth-order valence-electron chi connectivity index (χ4n) is 1.20. The monoisotopic (exact) mass is 249 g/mol. The zero-order valence-electron chi connectivity index (χ0n) is 8.86. The minimum atomic E-state index is -2.96. The molecule has 0 aromatic carbocycles. The zero-order chi connectivity index (χ0) is 12.0. The van der Waals surface area contributed by atoms with E-state index in [2.05, 4.69) is 0 Å². The predicted octanol–water partition coefficient (Wildman–Crippen LogP) is 1.99. The van der Waals surface area contributed by atoms with Crippen LogP contribution in [0.2, 0.25) is 0 Å². The van der Waals surface area contributed by atoms with Crippen LogP contribution in [-0.2, 0) is 16.1 Å². The molecule has 0 atom stereocenters. The highest BCUT2D eigenvalue weighted by atomic mass is 32.1. The van der Waals surface area contributed by atoms with Gasteiger partial charge in [-0.15, -0.1) is 11.3 Å². The Morgan fingerprint density at radius 1 is 1.62 bits per heavy atom. The minimum absolute atomic E-state index is 0.178. The molecule has 1 rings (SSSR count). The van der Waals surface area contributed by atoms with E-state index in [0.717, 1.165) is 9.78 Å². The van der Waals surface area contributed by atoms with Gasteiger partial charge in [-0.1, -0.05) is 6.07 Å². The van der Waals surface area contributed by atoms with Crippen molar-refractivity contribution in [3.8, 4) is 0 Å². The van der Waals surface area contributed by atoms with E-state index in [-0.39, 0.29) is 19.7 Å². The number of ether oxygens (including phenoxy) is 1. The van der Waals surface area contributed by atoms with Crippen molar-refractivity contribution < 1.29 is 18.3 Å². The Kier molecular flexibility index (Phi) is 5.34. The highest BCUT2D eigenvalue weighted by Gasteiger charge is 2.23. The van der Waals surface area contributed by atoms with E-state index >= 15 is 0 Å². The molecule has 0 N–H and O–H groups in total. The molecule has 0 fully saturated rings. The van der Waals surface area contributed by atoms with E-state index in [1.807, 2.05) is 17.5 Å². The first kappa shape index (κ1) is 13.1. The van der Waals surface area contributed by atoms with Gasteiger partial charge in [0.1, 0.15) is 0 Å². The molecule has 0 radical (unpaired) electrons. The van der Waals surface area contributed by atoms with Crippen molar-refractivity contribution >= 4 is 17.2 Å².